The average Bonchev–Trinajstić information content (AvgIpc) is 2.47. The molecule has 0 aliphatic rings. The van der Waals surface area contributed by atoms with E-state index in [4.69, 9.17) is 10.5 Å². The number of benzene rings is 1. The zero-order valence-corrected chi connectivity index (χ0v) is 11.4. The molecule has 2 rings (SSSR count). The molecule has 2 N–H and O–H groups in total. The van der Waals surface area contributed by atoms with Crippen LogP contribution in [0.3, 0.4) is 0 Å². The molecule has 0 amide bonds. The minimum Gasteiger partial charge on any atom is -0.496 e. The van der Waals surface area contributed by atoms with Crippen LogP contribution < -0.4 is 10.5 Å². The Morgan fingerprint density at radius 1 is 1.19 bits per heavy atom. The number of para-hydroxylation sites is 1. The van der Waals surface area contributed by atoms with Gasteiger partial charge in [0.05, 0.1) is 24.4 Å². The van der Waals surface area contributed by atoms with Gasteiger partial charge in [-0.05, 0) is 30.2 Å². The SMILES string of the molecule is COc1ccccc1C[C@H](N)c1ncccc1C(F)(F)F. The molecule has 0 saturated carbocycles. The molecule has 0 aliphatic heterocycles. The van der Waals surface area contributed by atoms with Crippen LogP contribution in [0.15, 0.2) is 42.6 Å². The van der Waals surface area contributed by atoms with Crippen LogP contribution in [0, 0.1) is 0 Å². The summed E-state index contributed by atoms with van der Waals surface area (Å²) >= 11 is 0. The monoisotopic (exact) mass is 296 g/mol. The maximum absolute atomic E-state index is 13.0. The number of hydrogen-bond acceptors (Lipinski definition) is 3. The molecule has 1 aromatic carbocycles. The van der Waals surface area contributed by atoms with Gasteiger partial charge in [0.15, 0.2) is 0 Å². The standard InChI is InChI=1S/C15H15F3N2O/c1-21-13-7-3-2-5-10(13)9-12(19)14-11(15(16,17)18)6-4-8-20-14/h2-8,12H,9,19H2,1H3/t12-/m0/s1. The van der Waals surface area contributed by atoms with E-state index in [0.29, 0.717) is 5.75 Å². The first-order chi connectivity index (χ1) is 9.93. The third-order valence-corrected chi connectivity index (χ3v) is 3.13. The van der Waals surface area contributed by atoms with Gasteiger partial charge in [0, 0.05) is 6.20 Å². The van der Waals surface area contributed by atoms with Gasteiger partial charge in [-0.1, -0.05) is 18.2 Å². The molecular weight excluding hydrogens is 281 g/mol. The van der Waals surface area contributed by atoms with Crippen LogP contribution in [-0.2, 0) is 12.6 Å². The zero-order valence-electron chi connectivity index (χ0n) is 11.4. The van der Waals surface area contributed by atoms with Crippen molar-refractivity contribution >= 4 is 0 Å². The average molecular weight is 296 g/mol. The van der Waals surface area contributed by atoms with Crippen LogP contribution in [0.5, 0.6) is 5.75 Å². The Morgan fingerprint density at radius 3 is 2.57 bits per heavy atom. The highest BCUT2D eigenvalue weighted by Gasteiger charge is 2.35. The van der Waals surface area contributed by atoms with Crippen LogP contribution in [0.4, 0.5) is 13.2 Å². The molecule has 3 nitrogen and oxygen atoms in total. The molecule has 0 unspecified atom stereocenters. The first kappa shape index (κ1) is 15.3. The Labute approximate surface area is 120 Å². The molecule has 1 aromatic heterocycles. The number of hydrogen-bond donors (Lipinski definition) is 1. The summed E-state index contributed by atoms with van der Waals surface area (Å²) in [4.78, 5) is 3.81. The number of aromatic nitrogens is 1. The second kappa shape index (κ2) is 6.13. The molecule has 1 atom stereocenters. The highest BCUT2D eigenvalue weighted by Crippen LogP contribution is 2.34. The second-order valence-electron chi connectivity index (χ2n) is 4.56. The number of pyridine rings is 1. The quantitative estimate of drug-likeness (QED) is 0.941. The van der Waals surface area contributed by atoms with E-state index in [0.717, 1.165) is 11.6 Å². The molecule has 2 aromatic rings. The number of rotatable bonds is 4. The van der Waals surface area contributed by atoms with Gasteiger partial charge >= 0.3 is 6.18 Å². The molecule has 0 saturated heterocycles. The summed E-state index contributed by atoms with van der Waals surface area (Å²) in [5, 5.41) is 0. The van der Waals surface area contributed by atoms with Gasteiger partial charge < -0.3 is 10.5 Å². The van der Waals surface area contributed by atoms with E-state index < -0.39 is 17.8 Å². The minimum absolute atomic E-state index is 0.157. The Balaban J connectivity index is 2.31. The molecule has 0 spiro atoms. The maximum atomic E-state index is 13.0. The molecule has 0 radical (unpaired) electrons. The van der Waals surface area contributed by atoms with Gasteiger partial charge in [0.2, 0.25) is 0 Å². The van der Waals surface area contributed by atoms with E-state index in [1.165, 1.54) is 19.4 Å². The predicted octanol–water partition coefficient (Wildman–Crippen LogP) is 3.35. The lowest BCUT2D eigenvalue weighted by Crippen LogP contribution is -2.21. The Hall–Kier alpha value is -2.08. The lowest BCUT2D eigenvalue weighted by molar-refractivity contribution is -0.138. The molecule has 112 valence electrons. The number of halogens is 3. The van der Waals surface area contributed by atoms with E-state index in [-0.39, 0.29) is 12.1 Å². The van der Waals surface area contributed by atoms with E-state index in [1.54, 1.807) is 24.3 Å². The van der Waals surface area contributed by atoms with Gasteiger partial charge in [-0.15, -0.1) is 0 Å². The first-order valence-corrected chi connectivity index (χ1v) is 6.33. The molecule has 6 heteroatoms. The van der Waals surface area contributed by atoms with Crippen LogP contribution in [0.25, 0.3) is 0 Å². The molecule has 0 fully saturated rings. The van der Waals surface area contributed by atoms with Gasteiger partial charge in [0.25, 0.3) is 0 Å². The maximum Gasteiger partial charge on any atom is 0.418 e. The van der Waals surface area contributed by atoms with Crippen molar-refractivity contribution in [2.24, 2.45) is 5.73 Å². The van der Waals surface area contributed by atoms with Crippen LogP contribution in [-0.4, -0.2) is 12.1 Å². The van der Waals surface area contributed by atoms with Crippen molar-refractivity contribution in [3.63, 3.8) is 0 Å². The summed E-state index contributed by atoms with van der Waals surface area (Å²) in [6.45, 7) is 0. The largest absolute Gasteiger partial charge is 0.496 e. The predicted molar refractivity (Wildman–Crippen MR) is 72.9 cm³/mol. The summed E-state index contributed by atoms with van der Waals surface area (Å²) in [6.07, 6.45) is -2.95. The fourth-order valence-corrected chi connectivity index (χ4v) is 2.16. The lowest BCUT2D eigenvalue weighted by Gasteiger charge is -2.18. The highest BCUT2D eigenvalue weighted by atomic mass is 19.4. The summed E-state index contributed by atoms with van der Waals surface area (Å²) in [7, 11) is 1.51. The number of methoxy groups -OCH3 is 1. The van der Waals surface area contributed by atoms with Crippen molar-refractivity contribution in [3.8, 4) is 5.75 Å². The van der Waals surface area contributed by atoms with Gasteiger partial charge in [-0.2, -0.15) is 13.2 Å². The molecule has 0 aliphatic carbocycles. The van der Waals surface area contributed by atoms with Gasteiger partial charge in [-0.25, -0.2) is 0 Å². The lowest BCUT2D eigenvalue weighted by atomic mass is 9.99. The summed E-state index contributed by atoms with van der Waals surface area (Å²) in [5.41, 5.74) is 5.72. The van der Waals surface area contributed by atoms with Crippen molar-refractivity contribution in [2.45, 2.75) is 18.6 Å². The Morgan fingerprint density at radius 2 is 1.90 bits per heavy atom. The molecule has 0 bridgehead atoms. The topological polar surface area (TPSA) is 48.1 Å². The van der Waals surface area contributed by atoms with Crippen LogP contribution in [0.2, 0.25) is 0 Å². The van der Waals surface area contributed by atoms with E-state index in [1.807, 2.05) is 0 Å². The van der Waals surface area contributed by atoms with Crippen LogP contribution >= 0.6 is 0 Å². The normalized spacial score (nSPS) is 13.0. The van der Waals surface area contributed by atoms with E-state index in [9.17, 15) is 13.2 Å². The number of nitrogens with zero attached hydrogens (tertiary/aromatic N) is 1. The third-order valence-electron chi connectivity index (χ3n) is 3.13. The summed E-state index contributed by atoms with van der Waals surface area (Å²) in [5.74, 6) is 0.595. The van der Waals surface area contributed by atoms with Crippen molar-refractivity contribution in [1.82, 2.24) is 4.98 Å². The van der Waals surface area contributed by atoms with Gasteiger partial charge in [-0.3, -0.25) is 4.98 Å². The van der Waals surface area contributed by atoms with Crippen molar-refractivity contribution in [2.75, 3.05) is 7.11 Å². The molecule has 21 heavy (non-hydrogen) atoms. The summed E-state index contributed by atoms with van der Waals surface area (Å²) in [6, 6.07) is 8.47. The van der Waals surface area contributed by atoms with Crippen LogP contribution in [0.1, 0.15) is 22.9 Å². The van der Waals surface area contributed by atoms with Crippen molar-refractivity contribution in [1.29, 1.82) is 0 Å². The fourth-order valence-electron chi connectivity index (χ4n) is 2.16. The number of ether oxygens (including phenoxy) is 1. The zero-order chi connectivity index (χ0) is 15.5. The van der Waals surface area contributed by atoms with E-state index in [2.05, 4.69) is 4.98 Å². The number of alkyl halides is 3. The van der Waals surface area contributed by atoms with Crippen molar-refractivity contribution < 1.29 is 17.9 Å². The minimum atomic E-state index is -4.47. The smallest absolute Gasteiger partial charge is 0.418 e. The number of nitrogens with two attached hydrogens (primary N) is 1. The third kappa shape index (κ3) is 3.52. The summed E-state index contributed by atoms with van der Waals surface area (Å²) < 4.78 is 44.1. The Bertz CT molecular complexity index is 614. The first-order valence-electron chi connectivity index (χ1n) is 6.33. The Kier molecular flexibility index (Phi) is 4.47. The molecule has 1 heterocycles. The fraction of sp³-hybridized carbons (Fsp3) is 0.267. The van der Waals surface area contributed by atoms with Gasteiger partial charge in [0.1, 0.15) is 5.75 Å². The highest BCUT2D eigenvalue weighted by molar-refractivity contribution is 5.35. The van der Waals surface area contributed by atoms with Crippen molar-refractivity contribution in [3.05, 3.63) is 59.4 Å². The second-order valence-corrected chi connectivity index (χ2v) is 4.56. The van der Waals surface area contributed by atoms with E-state index >= 15 is 0 Å². The molecular formula is C15H15F3N2O.